The van der Waals surface area contributed by atoms with Crippen molar-refractivity contribution in [3.05, 3.63) is 53.6 Å². The normalized spacial score (nSPS) is 15.6. The lowest BCUT2D eigenvalue weighted by atomic mass is 9.87. The molecule has 2 aromatic carbocycles. The molecule has 1 saturated heterocycles. The van der Waals surface area contributed by atoms with Crippen molar-refractivity contribution in [3.8, 4) is 0 Å². The van der Waals surface area contributed by atoms with E-state index in [4.69, 9.17) is 5.73 Å². The number of benzene rings is 2. The average Bonchev–Trinajstić information content (AvgIpc) is 2.62. The fourth-order valence-corrected chi connectivity index (χ4v) is 3.29. The van der Waals surface area contributed by atoms with Gasteiger partial charge in [0.2, 0.25) is 0 Å². The first kappa shape index (κ1) is 19.2. The number of nitrogens with zero attached hydrogens (tertiary/aromatic N) is 2. The van der Waals surface area contributed by atoms with E-state index in [9.17, 15) is 4.79 Å². The zero-order valence-corrected chi connectivity index (χ0v) is 16.7. The Balaban J connectivity index is 1.80. The summed E-state index contributed by atoms with van der Waals surface area (Å²) in [6.07, 6.45) is 0. The van der Waals surface area contributed by atoms with E-state index in [0.717, 1.165) is 37.6 Å². The van der Waals surface area contributed by atoms with Crippen LogP contribution in [0.5, 0.6) is 0 Å². The van der Waals surface area contributed by atoms with Crippen molar-refractivity contribution in [2.24, 2.45) is 0 Å². The van der Waals surface area contributed by atoms with Gasteiger partial charge in [0.1, 0.15) is 0 Å². The van der Waals surface area contributed by atoms with E-state index in [1.807, 2.05) is 42.5 Å². The first-order valence-electron chi connectivity index (χ1n) is 9.49. The van der Waals surface area contributed by atoms with Gasteiger partial charge >= 0.3 is 0 Å². The maximum absolute atomic E-state index is 12.8. The molecule has 1 amide bonds. The minimum atomic E-state index is -0.114. The smallest absolute Gasteiger partial charge is 0.255 e. The summed E-state index contributed by atoms with van der Waals surface area (Å²) < 4.78 is 0. The Morgan fingerprint density at radius 1 is 1.00 bits per heavy atom. The summed E-state index contributed by atoms with van der Waals surface area (Å²) in [5, 5.41) is 3.06. The molecule has 0 unspecified atom stereocenters. The van der Waals surface area contributed by atoms with Gasteiger partial charge in [-0.1, -0.05) is 32.9 Å². The Labute approximate surface area is 162 Å². The Bertz CT molecular complexity index is 800. The monoisotopic (exact) mass is 366 g/mol. The number of piperazine rings is 1. The molecule has 144 valence electrons. The van der Waals surface area contributed by atoms with Crippen LogP contribution in [0.2, 0.25) is 0 Å². The van der Waals surface area contributed by atoms with Gasteiger partial charge in [0.05, 0.1) is 11.4 Å². The first-order valence-corrected chi connectivity index (χ1v) is 9.49. The van der Waals surface area contributed by atoms with E-state index in [1.54, 1.807) is 0 Å². The van der Waals surface area contributed by atoms with Gasteiger partial charge in [-0.25, -0.2) is 0 Å². The van der Waals surface area contributed by atoms with Crippen LogP contribution in [-0.2, 0) is 5.41 Å². The van der Waals surface area contributed by atoms with Crippen LogP contribution >= 0.6 is 0 Å². The van der Waals surface area contributed by atoms with E-state index in [0.29, 0.717) is 11.3 Å². The van der Waals surface area contributed by atoms with Crippen LogP contribution in [0.1, 0.15) is 36.7 Å². The lowest BCUT2D eigenvalue weighted by Crippen LogP contribution is -2.44. The summed E-state index contributed by atoms with van der Waals surface area (Å²) in [4.78, 5) is 17.4. The lowest BCUT2D eigenvalue weighted by molar-refractivity contribution is 0.102. The highest BCUT2D eigenvalue weighted by atomic mass is 16.1. The quantitative estimate of drug-likeness (QED) is 0.815. The number of amides is 1. The van der Waals surface area contributed by atoms with Gasteiger partial charge in [0.25, 0.3) is 5.91 Å². The Morgan fingerprint density at radius 3 is 2.22 bits per heavy atom. The second-order valence-corrected chi connectivity index (χ2v) is 8.35. The number of hydrogen-bond acceptors (Lipinski definition) is 4. The van der Waals surface area contributed by atoms with Crippen molar-refractivity contribution < 1.29 is 4.79 Å². The number of carbonyl (C=O) groups excluding carboxylic acids is 1. The molecule has 0 aliphatic carbocycles. The van der Waals surface area contributed by atoms with Crippen molar-refractivity contribution >= 4 is 23.0 Å². The number of hydrogen-bond donors (Lipinski definition) is 2. The molecular weight excluding hydrogens is 336 g/mol. The molecule has 0 bridgehead atoms. The molecular formula is C22H30N4O. The number of nitrogens with two attached hydrogens (primary N) is 1. The molecule has 27 heavy (non-hydrogen) atoms. The highest BCUT2D eigenvalue weighted by Gasteiger charge is 2.19. The van der Waals surface area contributed by atoms with E-state index in [1.165, 1.54) is 5.56 Å². The van der Waals surface area contributed by atoms with Crippen molar-refractivity contribution in [2.75, 3.05) is 49.2 Å². The van der Waals surface area contributed by atoms with Crippen LogP contribution in [0.15, 0.2) is 42.5 Å². The number of likely N-dealkylation sites (N-methyl/N-ethyl adjacent to an activating group) is 1. The highest BCUT2D eigenvalue weighted by Crippen LogP contribution is 2.30. The minimum absolute atomic E-state index is 0.0669. The van der Waals surface area contributed by atoms with Crippen molar-refractivity contribution in [3.63, 3.8) is 0 Å². The average molecular weight is 367 g/mol. The third-order valence-electron chi connectivity index (χ3n) is 5.13. The van der Waals surface area contributed by atoms with Crippen LogP contribution < -0.4 is 16.0 Å². The standard InChI is InChI=1S/C22H30N4O/c1-22(2,3)17-7-5-16(6-8-17)21(27)24-19-15-18(23)9-10-20(19)26-13-11-25(4)12-14-26/h5-10,15H,11-14,23H2,1-4H3,(H,24,27). The van der Waals surface area contributed by atoms with Gasteiger partial charge in [-0.15, -0.1) is 0 Å². The Morgan fingerprint density at radius 2 is 1.63 bits per heavy atom. The number of nitrogens with one attached hydrogen (secondary N) is 1. The fraction of sp³-hybridized carbons (Fsp3) is 0.409. The number of anilines is 3. The first-order chi connectivity index (χ1) is 12.7. The summed E-state index contributed by atoms with van der Waals surface area (Å²) in [6.45, 7) is 10.4. The molecule has 3 N–H and O–H groups in total. The maximum atomic E-state index is 12.8. The predicted octanol–water partition coefficient (Wildman–Crippen LogP) is 3.57. The fourth-order valence-electron chi connectivity index (χ4n) is 3.29. The van der Waals surface area contributed by atoms with E-state index in [-0.39, 0.29) is 11.3 Å². The maximum Gasteiger partial charge on any atom is 0.255 e. The van der Waals surface area contributed by atoms with Gasteiger partial charge in [0.15, 0.2) is 0 Å². The molecule has 5 nitrogen and oxygen atoms in total. The predicted molar refractivity (Wildman–Crippen MR) is 114 cm³/mol. The summed E-state index contributed by atoms with van der Waals surface area (Å²) in [6, 6.07) is 13.6. The summed E-state index contributed by atoms with van der Waals surface area (Å²) in [5.74, 6) is -0.114. The Hall–Kier alpha value is -2.53. The van der Waals surface area contributed by atoms with E-state index >= 15 is 0 Å². The molecule has 0 aromatic heterocycles. The summed E-state index contributed by atoms with van der Waals surface area (Å²) >= 11 is 0. The van der Waals surface area contributed by atoms with Crippen molar-refractivity contribution in [2.45, 2.75) is 26.2 Å². The topological polar surface area (TPSA) is 61.6 Å². The van der Waals surface area contributed by atoms with Gasteiger partial charge in [-0.05, 0) is 48.4 Å². The molecule has 1 fully saturated rings. The van der Waals surface area contributed by atoms with Gasteiger partial charge in [0, 0.05) is 37.4 Å². The van der Waals surface area contributed by atoms with Gasteiger partial charge in [-0.3, -0.25) is 4.79 Å². The van der Waals surface area contributed by atoms with Crippen LogP contribution in [-0.4, -0.2) is 44.0 Å². The van der Waals surface area contributed by atoms with Gasteiger partial charge < -0.3 is 20.9 Å². The SMILES string of the molecule is CN1CCN(c2ccc(N)cc2NC(=O)c2ccc(C(C)(C)C)cc2)CC1. The van der Waals surface area contributed by atoms with Gasteiger partial charge in [-0.2, -0.15) is 0 Å². The molecule has 1 aliphatic heterocycles. The molecule has 0 atom stereocenters. The molecule has 3 rings (SSSR count). The molecule has 1 aliphatic rings. The van der Waals surface area contributed by atoms with Crippen LogP contribution in [0.25, 0.3) is 0 Å². The van der Waals surface area contributed by atoms with E-state index < -0.39 is 0 Å². The molecule has 5 heteroatoms. The van der Waals surface area contributed by atoms with Crippen LogP contribution in [0.4, 0.5) is 17.1 Å². The van der Waals surface area contributed by atoms with Crippen molar-refractivity contribution in [1.82, 2.24) is 4.90 Å². The largest absolute Gasteiger partial charge is 0.399 e. The zero-order valence-electron chi connectivity index (χ0n) is 16.7. The molecule has 2 aromatic rings. The number of rotatable bonds is 3. The highest BCUT2D eigenvalue weighted by molar-refractivity contribution is 6.06. The second kappa shape index (κ2) is 7.61. The van der Waals surface area contributed by atoms with E-state index in [2.05, 4.69) is 42.9 Å². The number of nitrogen functional groups attached to an aromatic ring is 1. The zero-order chi connectivity index (χ0) is 19.6. The minimum Gasteiger partial charge on any atom is -0.399 e. The Kier molecular flexibility index (Phi) is 5.42. The molecule has 0 saturated carbocycles. The third kappa shape index (κ3) is 4.61. The molecule has 0 spiro atoms. The molecule has 0 radical (unpaired) electrons. The number of carbonyl (C=O) groups is 1. The van der Waals surface area contributed by atoms with Crippen LogP contribution in [0.3, 0.4) is 0 Å². The third-order valence-corrected chi connectivity index (χ3v) is 5.13. The molecule has 1 heterocycles. The lowest BCUT2D eigenvalue weighted by Gasteiger charge is -2.35. The summed E-state index contributed by atoms with van der Waals surface area (Å²) in [5.41, 5.74) is 10.3. The summed E-state index contributed by atoms with van der Waals surface area (Å²) in [7, 11) is 2.13. The second-order valence-electron chi connectivity index (χ2n) is 8.35. The van der Waals surface area contributed by atoms with Crippen molar-refractivity contribution in [1.29, 1.82) is 0 Å². The van der Waals surface area contributed by atoms with Crippen LogP contribution in [0, 0.1) is 0 Å².